The summed E-state index contributed by atoms with van der Waals surface area (Å²) >= 11 is 12.1. The highest BCUT2D eigenvalue weighted by Crippen LogP contribution is 2.33. The summed E-state index contributed by atoms with van der Waals surface area (Å²) < 4.78 is 10.8. The van der Waals surface area contributed by atoms with Crippen molar-refractivity contribution in [3.8, 4) is 5.75 Å². The molecule has 0 radical (unpaired) electrons. The van der Waals surface area contributed by atoms with E-state index in [0.717, 1.165) is 6.54 Å². The Balaban J connectivity index is 1.67. The molecule has 0 spiro atoms. The molecule has 1 aromatic carbocycles. The number of nitrogens with zero attached hydrogens (tertiary/aromatic N) is 2. The number of hydrogen-bond acceptors (Lipinski definition) is 5. The van der Waals surface area contributed by atoms with Crippen LogP contribution in [-0.4, -0.2) is 41.1 Å². The van der Waals surface area contributed by atoms with E-state index in [0.29, 0.717) is 28.1 Å². The van der Waals surface area contributed by atoms with Gasteiger partial charge in [-0.1, -0.05) is 34.4 Å². The average molecular weight is 384 g/mol. The lowest BCUT2D eigenvalue weighted by molar-refractivity contribution is 0.0592. The van der Waals surface area contributed by atoms with Gasteiger partial charge in [-0.15, -0.1) is 0 Å². The molecule has 1 saturated heterocycles. The molecule has 1 N–H and O–H groups in total. The fourth-order valence-electron chi connectivity index (χ4n) is 2.74. The van der Waals surface area contributed by atoms with Gasteiger partial charge in [0.25, 0.3) is 5.91 Å². The van der Waals surface area contributed by atoms with E-state index in [-0.39, 0.29) is 30.3 Å². The molecular formula is C17H19Cl2N3O3. The molecule has 1 aliphatic heterocycles. The van der Waals surface area contributed by atoms with E-state index in [1.54, 1.807) is 29.2 Å². The second-order valence-electron chi connectivity index (χ2n) is 6.00. The van der Waals surface area contributed by atoms with E-state index in [9.17, 15) is 4.79 Å². The van der Waals surface area contributed by atoms with Crippen molar-refractivity contribution >= 4 is 29.1 Å². The van der Waals surface area contributed by atoms with Crippen LogP contribution in [-0.2, 0) is 6.61 Å². The largest absolute Gasteiger partial charge is 0.482 e. The smallest absolute Gasteiger partial charge is 0.276 e. The van der Waals surface area contributed by atoms with E-state index >= 15 is 0 Å². The minimum absolute atomic E-state index is 0.0806. The molecule has 2 atom stereocenters. The number of hydrogen-bond donors (Lipinski definition) is 1. The van der Waals surface area contributed by atoms with Crippen molar-refractivity contribution in [2.45, 2.75) is 32.5 Å². The Morgan fingerprint density at radius 1 is 1.40 bits per heavy atom. The number of carbonyl (C=O) groups excluding carboxylic acids is 1. The minimum atomic E-state index is -0.147. The molecule has 134 valence electrons. The van der Waals surface area contributed by atoms with Crippen molar-refractivity contribution in [3.05, 3.63) is 45.8 Å². The second kappa shape index (κ2) is 7.64. The van der Waals surface area contributed by atoms with E-state index in [1.807, 2.05) is 6.92 Å². The maximum Gasteiger partial charge on any atom is 0.276 e. The molecular weight excluding hydrogens is 365 g/mol. The Morgan fingerprint density at radius 3 is 2.84 bits per heavy atom. The van der Waals surface area contributed by atoms with Gasteiger partial charge in [-0.25, -0.2) is 0 Å². The lowest BCUT2D eigenvalue weighted by Crippen LogP contribution is -2.57. The van der Waals surface area contributed by atoms with Gasteiger partial charge in [-0.3, -0.25) is 4.79 Å². The highest BCUT2D eigenvalue weighted by molar-refractivity contribution is 6.37. The highest BCUT2D eigenvalue weighted by Gasteiger charge is 2.30. The SMILES string of the molecule is CC1NCCN(C(=O)c2cc(COc3c(Cl)cccc3Cl)on2)C1C. The number of benzene rings is 1. The first-order valence-electron chi connectivity index (χ1n) is 8.04. The third-order valence-corrected chi connectivity index (χ3v) is 4.95. The molecule has 8 heteroatoms. The van der Waals surface area contributed by atoms with Crippen LogP contribution in [0.2, 0.25) is 10.0 Å². The van der Waals surface area contributed by atoms with Gasteiger partial charge < -0.3 is 19.5 Å². The average Bonchev–Trinajstić information content (AvgIpc) is 3.05. The molecule has 0 bridgehead atoms. The number of halogens is 2. The minimum Gasteiger partial charge on any atom is -0.482 e. The van der Waals surface area contributed by atoms with E-state index < -0.39 is 0 Å². The normalized spacial score (nSPS) is 20.6. The Morgan fingerprint density at radius 2 is 2.12 bits per heavy atom. The van der Waals surface area contributed by atoms with Crippen LogP contribution in [0.1, 0.15) is 30.1 Å². The summed E-state index contributed by atoms with van der Waals surface area (Å²) in [4.78, 5) is 14.4. The van der Waals surface area contributed by atoms with E-state index in [4.69, 9.17) is 32.5 Å². The molecule has 0 aliphatic carbocycles. The molecule has 25 heavy (non-hydrogen) atoms. The first-order valence-corrected chi connectivity index (χ1v) is 8.79. The van der Waals surface area contributed by atoms with Crippen LogP contribution in [0.3, 0.4) is 0 Å². The summed E-state index contributed by atoms with van der Waals surface area (Å²) in [5.74, 6) is 0.654. The first kappa shape index (κ1) is 18.0. The number of para-hydroxylation sites is 1. The van der Waals surface area contributed by atoms with Crippen LogP contribution in [0.5, 0.6) is 5.75 Å². The van der Waals surface area contributed by atoms with Gasteiger partial charge >= 0.3 is 0 Å². The molecule has 1 aromatic heterocycles. The zero-order valence-electron chi connectivity index (χ0n) is 14.0. The molecule has 2 unspecified atom stereocenters. The molecule has 2 aromatic rings. The Kier molecular flexibility index (Phi) is 5.51. The van der Waals surface area contributed by atoms with Gasteiger partial charge in [-0.05, 0) is 26.0 Å². The van der Waals surface area contributed by atoms with Crippen molar-refractivity contribution in [1.82, 2.24) is 15.4 Å². The maximum atomic E-state index is 12.6. The third kappa shape index (κ3) is 3.92. The summed E-state index contributed by atoms with van der Waals surface area (Å²) in [5.41, 5.74) is 0.268. The van der Waals surface area contributed by atoms with Crippen LogP contribution in [0.15, 0.2) is 28.8 Å². The number of amides is 1. The number of nitrogens with one attached hydrogen (secondary N) is 1. The van der Waals surface area contributed by atoms with Crippen molar-refractivity contribution in [2.75, 3.05) is 13.1 Å². The summed E-state index contributed by atoms with van der Waals surface area (Å²) in [6.07, 6.45) is 0. The molecule has 0 saturated carbocycles. The van der Waals surface area contributed by atoms with Gasteiger partial charge in [-0.2, -0.15) is 0 Å². The summed E-state index contributed by atoms with van der Waals surface area (Å²) in [6.45, 7) is 5.54. The molecule has 3 rings (SSSR count). The van der Waals surface area contributed by atoms with Crippen LogP contribution >= 0.6 is 23.2 Å². The van der Waals surface area contributed by atoms with Gasteiger partial charge in [0.2, 0.25) is 0 Å². The number of carbonyl (C=O) groups is 1. The predicted octanol–water partition coefficient (Wildman–Crippen LogP) is 3.38. The van der Waals surface area contributed by atoms with Crippen LogP contribution in [0.4, 0.5) is 0 Å². The van der Waals surface area contributed by atoms with Gasteiger partial charge in [0.1, 0.15) is 6.61 Å². The maximum absolute atomic E-state index is 12.6. The highest BCUT2D eigenvalue weighted by atomic mass is 35.5. The lowest BCUT2D eigenvalue weighted by Gasteiger charge is -2.38. The topological polar surface area (TPSA) is 67.6 Å². The van der Waals surface area contributed by atoms with Gasteiger partial charge in [0.15, 0.2) is 17.2 Å². The zero-order valence-corrected chi connectivity index (χ0v) is 15.5. The standard InChI is InChI=1S/C17H19Cl2N3O3/c1-10-11(2)22(7-6-20-10)17(23)15-8-12(25-21-15)9-24-16-13(18)4-3-5-14(16)19/h3-5,8,10-11,20H,6-7,9H2,1-2H3. The Bertz CT molecular complexity index is 745. The molecule has 1 aliphatic rings. The number of rotatable bonds is 4. The second-order valence-corrected chi connectivity index (χ2v) is 6.81. The number of piperazine rings is 1. The van der Waals surface area contributed by atoms with Crippen molar-refractivity contribution < 1.29 is 14.1 Å². The summed E-state index contributed by atoms with van der Waals surface area (Å²) in [6, 6.07) is 7.01. The van der Waals surface area contributed by atoms with E-state index in [2.05, 4.69) is 17.4 Å². The van der Waals surface area contributed by atoms with E-state index in [1.165, 1.54) is 0 Å². The summed E-state index contributed by atoms with van der Waals surface area (Å²) in [7, 11) is 0. The molecule has 2 heterocycles. The van der Waals surface area contributed by atoms with Crippen molar-refractivity contribution in [1.29, 1.82) is 0 Å². The van der Waals surface area contributed by atoms with Crippen LogP contribution in [0, 0.1) is 0 Å². The van der Waals surface area contributed by atoms with Crippen molar-refractivity contribution in [2.24, 2.45) is 0 Å². The van der Waals surface area contributed by atoms with Gasteiger partial charge in [0.05, 0.1) is 10.0 Å². The molecule has 1 fully saturated rings. The fraction of sp³-hybridized carbons (Fsp3) is 0.412. The van der Waals surface area contributed by atoms with Crippen LogP contribution < -0.4 is 10.1 Å². The quantitative estimate of drug-likeness (QED) is 0.876. The number of aromatic nitrogens is 1. The fourth-order valence-corrected chi connectivity index (χ4v) is 3.24. The summed E-state index contributed by atoms with van der Waals surface area (Å²) in [5, 5.41) is 8.03. The third-order valence-electron chi connectivity index (χ3n) is 4.35. The van der Waals surface area contributed by atoms with Crippen LogP contribution in [0.25, 0.3) is 0 Å². The molecule has 1 amide bonds. The first-order chi connectivity index (χ1) is 12.0. The monoisotopic (exact) mass is 383 g/mol. The Labute approximate surface area is 156 Å². The predicted molar refractivity (Wildman–Crippen MR) is 95.3 cm³/mol. The van der Waals surface area contributed by atoms with Gasteiger partial charge in [0, 0.05) is 31.2 Å². The lowest BCUT2D eigenvalue weighted by atomic mass is 10.1. The Hall–Kier alpha value is -1.76. The van der Waals surface area contributed by atoms with Crippen molar-refractivity contribution in [3.63, 3.8) is 0 Å². The zero-order chi connectivity index (χ0) is 18.0. The molecule has 6 nitrogen and oxygen atoms in total. The number of ether oxygens (including phenoxy) is 1.